The van der Waals surface area contributed by atoms with Crippen LogP contribution in [-0.4, -0.2) is 29.8 Å². The molecule has 2 aromatic rings. The second kappa shape index (κ2) is 9.75. The summed E-state index contributed by atoms with van der Waals surface area (Å²) in [5.41, 5.74) is 2.22. The van der Waals surface area contributed by atoms with Gasteiger partial charge in [0.2, 0.25) is 0 Å². The van der Waals surface area contributed by atoms with Crippen LogP contribution in [0, 0.1) is 0 Å². The Morgan fingerprint density at radius 3 is 2.15 bits per heavy atom. The van der Waals surface area contributed by atoms with Gasteiger partial charge in [-0.25, -0.2) is 0 Å². The smallest absolute Gasteiger partial charge is 0.185 e. The number of halogens is 1. The number of Topliss-reactive ketones (excluding diaryl/α,β-unsaturated/α-hetero) is 1. The standard InChI is InChI=1S/C22H25ClO2S/c1-26(2,23)17-7-6-10-21(24)19-12-14-20(15-13-19)22(25)16-11-18-8-4-3-5-9-18/h3-5,8-9,11-16H,6-7,10,17H2,1-2H3/b16-11+. The molecule has 2 nitrogen and oxygen atoms in total. The molecule has 4 heteroatoms. The highest BCUT2D eigenvalue weighted by Gasteiger charge is 2.10. The van der Waals surface area contributed by atoms with Crippen LogP contribution in [0.3, 0.4) is 0 Å². The lowest BCUT2D eigenvalue weighted by Crippen LogP contribution is -2.02. The van der Waals surface area contributed by atoms with E-state index in [0.29, 0.717) is 17.5 Å². The minimum absolute atomic E-state index is 0.0693. The zero-order chi connectivity index (χ0) is 19.0. The summed E-state index contributed by atoms with van der Waals surface area (Å²) in [4.78, 5) is 24.5. The summed E-state index contributed by atoms with van der Waals surface area (Å²) in [6.07, 6.45) is 9.83. The Labute approximate surface area is 162 Å². The van der Waals surface area contributed by atoms with E-state index in [1.54, 1.807) is 36.4 Å². The van der Waals surface area contributed by atoms with Gasteiger partial charge < -0.3 is 0 Å². The molecule has 138 valence electrons. The number of rotatable bonds is 9. The molecular weight excluding hydrogens is 364 g/mol. The Bertz CT molecular complexity index is 759. The lowest BCUT2D eigenvalue weighted by Gasteiger charge is -2.21. The summed E-state index contributed by atoms with van der Waals surface area (Å²) in [7, 11) is 5.23. The van der Waals surface area contributed by atoms with Gasteiger partial charge in [0.1, 0.15) is 0 Å². The molecule has 0 aliphatic rings. The highest BCUT2D eigenvalue weighted by Crippen LogP contribution is 2.45. The Morgan fingerprint density at radius 1 is 0.923 bits per heavy atom. The summed E-state index contributed by atoms with van der Waals surface area (Å²) in [5.74, 6) is 1.02. The Hall–Kier alpha value is -1.84. The summed E-state index contributed by atoms with van der Waals surface area (Å²) in [5, 5.41) is 0. The molecule has 2 aromatic carbocycles. The van der Waals surface area contributed by atoms with Crippen molar-refractivity contribution in [2.45, 2.75) is 19.3 Å². The molecule has 0 amide bonds. The van der Waals surface area contributed by atoms with Gasteiger partial charge in [0.15, 0.2) is 11.6 Å². The first-order valence-electron chi connectivity index (χ1n) is 8.66. The van der Waals surface area contributed by atoms with Crippen LogP contribution in [0.5, 0.6) is 0 Å². The molecule has 2 rings (SSSR count). The topological polar surface area (TPSA) is 34.1 Å². The molecule has 0 fully saturated rings. The van der Waals surface area contributed by atoms with Gasteiger partial charge in [-0.1, -0.05) is 71.4 Å². The largest absolute Gasteiger partial charge is 0.294 e. The number of hydrogen-bond acceptors (Lipinski definition) is 2. The van der Waals surface area contributed by atoms with Crippen molar-refractivity contribution in [3.05, 3.63) is 77.4 Å². The molecule has 26 heavy (non-hydrogen) atoms. The lowest BCUT2D eigenvalue weighted by atomic mass is 10.0. The molecule has 0 aliphatic carbocycles. The third-order valence-corrected chi connectivity index (χ3v) is 5.72. The average Bonchev–Trinajstić information content (AvgIpc) is 2.63. The molecule has 0 N–H and O–H groups in total. The minimum atomic E-state index is -1.01. The van der Waals surface area contributed by atoms with E-state index in [1.165, 1.54) is 0 Å². The van der Waals surface area contributed by atoms with Gasteiger partial charge in [0.05, 0.1) is 0 Å². The zero-order valence-electron chi connectivity index (χ0n) is 15.3. The minimum Gasteiger partial charge on any atom is -0.294 e. The van der Waals surface area contributed by atoms with Crippen molar-refractivity contribution in [2.75, 3.05) is 18.3 Å². The van der Waals surface area contributed by atoms with Gasteiger partial charge >= 0.3 is 0 Å². The van der Waals surface area contributed by atoms with E-state index in [2.05, 4.69) is 12.5 Å². The molecule has 0 radical (unpaired) electrons. The second-order valence-electron chi connectivity index (χ2n) is 6.67. The van der Waals surface area contributed by atoms with E-state index >= 15 is 0 Å². The van der Waals surface area contributed by atoms with Gasteiger partial charge in [0.25, 0.3) is 0 Å². The molecule has 0 saturated heterocycles. The summed E-state index contributed by atoms with van der Waals surface area (Å²) < 4.78 is 0. The highest BCUT2D eigenvalue weighted by atomic mass is 35.7. The number of allylic oxidation sites excluding steroid dienone is 1. The van der Waals surface area contributed by atoms with Crippen molar-refractivity contribution in [1.29, 1.82) is 0 Å². The fraction of sp³-hybridized carbons (Fsp3) is 0.273. The third-order valence-electron chi connectivity index (χ3n) is 4.00. The quantitative estimate of drug-likeness (QED) is 0.293. The van der Waals surface area contributed by atoms with Crippen LogP contribution < -0.4 is 0 Å². The maximum atomic E-state index is 12.2. The second-order valence-corrected chi connectivity index (χ2v) is 12.4. The van der Waals surface area contributed by atoms with E-state index in [1.807, 2.05) is 30.3 Å². The van der Waals surface area contributed by atoms with Crippen LogP contribution >= 0.6 is 19.9 Å². The Balaban J connectivity index is 1.88. The maximum Gasteiger partial charge on any atom is 0.185 e. The Kier molecular flexibility index (Phi) is 7.67. The van der Waals surface area contributed by atoms with E-state index < -0.39 is 9.24 Å². The zero-order valence-corrected chi connectivity index (χ0v) is 16.9. The van der Waals surface area contributed by atoms with Gasteiger partial charge in [-0.3, -0.25) is 9.59 Å². The number of carbonyl (C=O) groups is 2. The van der Waals surface area contributed by atoms with Crippen LogP contribution in [0.1, 0.15) is 45.5 Å². The van der Waals surface area contributed by atoms with Crippen molar-refractivity contribution in [3.63, 3.8) is 0 Å². The third kappa shape index (κ3) is 7.19. The van der Waals surface area contributed by atoms with Crippen molar-refractivity contribution < 1.29 is 9.59 Å². The van der Waals surface area contributed by atoms with Crippen molar-refractivity contribution >= 4 is 37.6 Å². The molecule has 0 bridgehead atoms. The van der Waals surface area contributed by atoms with Gasteiger partial charge in [-0.15, -0.1) is 0 Å². The number of carbonyl (C=O) groups excluding carboxylic acids is 2. The molecule has 0 heterocycles. The first kappa shape index (κ1) is 20.5. The first-order chi connectivity index (χ1) is 12.3. The van der Waals surface area contributed by atoms with E-state index in [4.69, 9.17) is 10.7 Å². The number of unbranched alkanes of at least 4 members (excludes halogenated alkanes) is 1. The molecule has 0 unspecified atom stereocenters. The molecule has 0 aromatic heterocycles. The maximum absolute atomic E-state index is 12.2. The molecule has 0 spiro atoms. The van der Waals surface area contributed by atoms with Gasteiger partial charge in [0, 0.05) is 17.5 Å². The fourth-order valence-corrected chi connectivity index (χ4v) is 3.75. The number of benzene rings is 2. The van der Waals surface area contributed by atoms with Gasteiger partial charge in [-0.2, -0.15) is 9.24 Å². The van der Waals surface area contributed by atoms with Crippen LogP contribution in [-0.2, 0) is 0 Å². The van der Waals surface area contributed by atoms with Crippen LogP contribution in [0.25, 0.3) is 6.08 Å². The SMILES string of the molecule is CS(C)(Cl)CCCCC(=O)c1ccc(C(=O)/C=C/c2ccccc2)cc1. The number of ketones is 2. The molecular formula is C22H25ClO2S. The van der Waals surface area contributed by atoms with Crippen molar-refractivity contribution in [3.8, 4) is 0 Å². The van der Waals surface area contributed by atoms with Crippen molar-refractivity contribution in [1.82, 2.24) is 0 Å². The Morgan fingerprint density at radius 2 is 1.54 bits per heavy atom. The van der Waals surface area contributed by atoms with E-state index in [9.17, 15) is 9.59 Å². The predicted octanol–water partition coefficient (Wildman–Crippen LogP) is 6.15. The van der Waals surface area contributed by atoms with Crippen molar-refractivity contribution in [2.24, 2.45) is 0 Å². The van der Waals surface area contributed by atoms with Crippen LogP contribution in [0.2, 0.25) is 0 Å². The highest BCUT2D eigenvalue weighted by molar-refractivity contribution is 8.50. The fourth-order valence-electron chi connectivity index (χ4n) is 2.53. The molecule has 0 aliphatic heterocycles. The van der Waals surface area contributed by atoms with Gasteiger partial charge in [-0.05, 0) is 42.7 Å². The normalized spacial score (nSPS) is 12.3. The molecule has 0 saturated carbocycles. The predicted molar refractivity (Wildman–Crippen MR) is 115 cm³/mol. The summed E-state index contributed by atoms with van der Waals surface area (Å²) in [6.45, 7) is 0. The monoisotopic (exact) mass is 388 g/mol. The molecule has 0 atom stereocenters. The number of hydrogen-bond donors (Lipinski definition) is 0. The van der Waals surface area contributed by atoms with Crippen LogP contribution in [0.4, 0.5) is 0 Å². The average molecular weight is 389 g/mol. The van der Waals surface area contributed by atoms with Crippen LogP contribution in [0.15, 0.2) is 60.7 Å². The first-order valence-corrected chi connectivity index (χ1v) is 12.1. The summed E-state index contributed by atoms with van der Waals surface area (Å²) in [6, 6.07) is 16.6. The lowest BCUT2D eigenvalue weighted by molar-refractivity contribution is 0.0978. The summed E-state index contributed by atoms with van der Waals surface area (Å²) >= 11 is 0. The van der Waals surface area contributed by atoms with E-state index in [-0.39, 0.29) is 11.6 Å². The van der Waals surface area contributed by atoms with E-state index in [0.717, 1.165) is 24.2 Å².